The molecule has 392 valence electrons. The van der Waals surface area contributed by atoms with Crippen molar-refractivity contribution in [1.82, 2.24) is 37.2 Å². The molecule has 1 aliphatic rings. The number of methoxy groups -OCH3 is 1. The van der Waals surface area contributed by atoms with E-state index >= 15 is 0 Å². The third kappa shape index (κ3) is 22.0. The zero-order chi connectivity index (χ0) is 53.2. The fourth-order valence-electron chi connectivity index (χ4n) is 7.43. The van der Waals surface area contributed by atoms with Crippen molar-refractivity contribution in [3.05, 3.63) is 71.5 Å². The molecule has 1 heterocycles. The number of nitrogens with one attached hydrogen (secondary N) is 7. The Morgan fingerprint density at radius 1 is 0.817 bits per heavy atom. The van der Waals surface area contributed by atoms with Crippen LogP contribution in [0.4, 0.5) is 0 Å². The van der Waals surface area contributed by atoms with Crippen molar-refractivity contribution in [2.45, 2.75) is 148 Å². The van der Waals surface area contributed by atoms with Crippen LogP contribution < -0.4 is 48.7 Å². The van der Waals surface area contributed by atoms with Crippen molar-refractivity contribution >= 4 is 59.2 Å². The Morgan fingerprint density at radius 2 is 1.44 bits per heavy atom. The number of carboxylic acids is 2. The summed E-state index contributed by atoms with van der Waals surface area (Å²) < 4.78 is 5.81. The van der Waals surface area contributed by atoms with Crippen LogP contribution >= 0.6 is 0 Å². The van der Waals surface area contributed by atoms with Gasteiger partial charge in [0.05, 0.1) is 24.5 Å². The number of rotatable bonds is 17. The number of carboxylic acid groups (broad SMARTS) is 2. The number of hydrogen-bond acceptors (Lipinski definition) is 11. The number of carbonyl (C=O) groups excluding carboxylic acids is 7. The van der Waals surface area contributed by atoms with Crippen LogP contribution in [0.1, 0.15) is 105 Å². The van der Waals surface area contributed by atoms with Crippen LogP contribution in [0.25, 0.3) is 0 Å². The van der Waals surface area contributed by atoms with E-state index in [1.165, 1.54) is 32.9 Å². The highest BCUT2D eigenvalue weighted by Gasteiger charge is 2.34. The van der Waals surface area contributed by atoms with Gasteiger partial charge in [0.2, 0.25) is 35.4 Å². The van der Waals surface area contributed by atoms with Gasteiger partial charge in [-0.3, -0.25) is 38.6 Å². The van der Waals surface area contributed by atoms with Crippen LogP contribution in [0.2, 0.25) is 0 Å². The third-order valence-corrected chi connectivity index (χ3v) is 11.7. The van der Waals surface area contributed by atoms with E-state index in [9.17, 15) is 53.4 Å². The van der Waals surface area contributed by atoms with E-state index in [1.54, 1.807) is 20.1 Å². The quantitative estimate of drug-likeness (QED) is 0.0341. The summed E-state index contributed by atoms with van der Waals surface area (Å²) in [5.74, 6) is -10.7. The first-order valence-electron chi connectivity index (χ1n) is 23.8. The molecule has 22 heteroatoms. The van der Waals surface area contributed by atoms with Gasteiger partial charge < -0.3 is 63.6 Å². The lowest BCUT2D eigenvalue weighted by Gasteiger charge is -2.27. The van der Waals surface area contributed by atoms with Crippen molar-refractivity contribution in [2.75, 3.05) is 13.7 Å². The molecule has 0 bridgehead atoms. The first-order chi connectivity index (χ1) is 33.6. The number of nitrogens with zero attached hydrogens (tertiary/aromatic N) is 1. The van der Waals surface area contributed by atoms with Gasteiger partial charge in [0.15, 0.2) is 5.96 Å². The van der Waals surface area contributed by atoms with Gasteiger partial charge in [-0.05, 0) is 58.4 Å². The third-order valence-electron chi connectivity index (χ3n) is 11.7. The summed E-state index contributed by atoms with van der Waals surface area (Å²) in [6.07, 6.45) is 6.99. The number of unbranched alkanes of at least 4 members (excludes halogenated alkanes) is 2. The highest BCUT2D eigenvalue weighted by Crippen LogP contribution is 2.18. The minimum absolute atomic E-state index is 0.0327. The second-order valence-electron chi connectivity index (χ2n) is 17.5. The molecular formula is C49H74N10O12. The van der Waals surface area contributed by atoms with Crippen molar-refractivity contribution in [1.29, 1.82) is 0 Å². The molecule has 0 aliphatic carbocycles. The van der Waals surface area contributed by atoms with Crippen LogP contribution in [0, 0.1) is 11.8 Å². The summed E-state index contributed by atoms with van der Waals surface area (Å²) in [6, 6.07) is 1.18. The number of guanidine groups is 1. The van der Waals surface area contributed by atoms with Gasteiger partial charge in [-0.15, -0.1) is 0 Å². The van der Waals surface area contributed by atoms with Gasteiger partial charge in [0, 0.05) is 26.0 Å². The molecule has 0 saturated carbocycles. The van der Waals surface area contributed by atoms with E-state index < -0.39 is 115 Å². The normalized spacial score (nSPS) is 24.6. The lowest BCUT2D eigenvalue weighted by atomic mass is 9.94. The maximum Gasteiger partial charge on any atom is 0.326 e. The molecule has 2 rings (SSSR count). The predicted molar refractivity (Wildman–Crippen MR) is 265 cm³/mol. The highest BCUT2D eigenvalue weighted by molar-refractivity contribution is 6.00. The van der Waals surface area contributed by atoms with Gasteiger partial charge in [-0.2, -0.15) is 0 Å². The number of aliphatic carboxylic acids is 2. The van der Waals surface area contributed by atoms with Gasteiger partial charge in [0.25, 0.3) is 5.91 Å². The molecule has 22 nitrogen and oxygen atoms in total. The SMILES string of the molecule is CC=C1NC(=O)CC[C@H](C(=O)O)NC(=O)[C@@H](C)[C@H](/C=C/C(C)=C/[C@H](C)[C@H](Cc2ccccc2)OC)NC(=O)[C@H](CCCN=C(N)N)NC(=O)C[C@H](C(=O)O)NC(=O)[C@H](CCCCC)NC(=O)[C@@H](C)NC1=O. The smallest absolute Gasteiger partial charge is 0.326 e. The standard InChI is InChI=1S/C49H74N10O12/c1-8-10-12-18-36-46(66)59-38(48(69)70)27-41(61)55-35(19-15-24-52-49(50)51)45(65)56-34(21-20-28(3)25-29(4)39(71-7)26-32-16-13-11-14-17-32)30(5)42(62)58-37(47(67)68)22-23-40(60)54-33(9-2)44(64)53-31(6)43(63)57-36/h9,11,13-14,16-17,20-21,25,29-31,34-39H,8,10,12,15,18-19,22-24,26-27H2,1-7H3,(H,53,64)(H,54,60)(H,55,61)(H,56,65)(H,57,63)(H,58,62)(H,59,66)(H,67,68)(H,69,70)(H4,50,51,52)/b21-20+,28-25+,33-9?/t29-,30-,31+,34-,35-,36-,37+,38+,39-/m0/s1. The molecule has 13 N–H and O–H groups in total. The molecular weight excluding hydrogens is 921 g/mol. The average molecular weight is 995 g/mol. The largest absolute Gasteiger partial charge is 0.480 e. The molecule has 0 spiro atoms. The first-order valence-corrected chi connectivity index (χ1v) is 23.8. The highest BCUT2D eigenvalue weighted by atomic mass is 16.5. The number of hydrogen-bond donors (Lipinski definition) is 11. The number of aliphatic imine (C=N–C) groups is 1. The Kier molecular flexibility index (Phi) is 26.4. The Hall–Kier alpha value is -7.10. The van der Waals surface area contributed by atoms with Gasteiger partial charge in [-0.1, -0.05) is 100 Å². The molecule has 9 atom stereocenters. The van der Waals surface area contributed by atoms with Gasteiger partial charge >= 0.3 is 11.9 Å². The second-order valence-corrected chi connectivity index (χ2v) is 17.5. The lowest BCUT2D eigenvalue weighted by Crippen LogP contribution is -2.56. The summed E-state index contributed by atoms with van der Waals surface area (Å²) in [6.45, 7) is 9.90. The molecule has 1 aromatic carbocycles. The molecule has 7 amide bonds. The summed E-state index contributed by atoms with van der Waals surface area (Å²) in [5.41, 5.74) is 12.5. The number of benzene rings is 1. The van der Waals surface area contributed by atoms with Crippen molar-refractivity contribution in [3.8, 4) is 0 Å². The molecule has 1 fully saturated rings. The molecule has 1 aromatic rings. The molecule has 0 radical (unpaired) electrons. The Bertz CT molecular complexity index is 2120. The van der Waals surface area contributed by atoms with Crippen LogP contribution in [-0.2, 0) is 54.3 Å². The summed E-state index contributed by atoms with van der Waals surface area (Å²) in [7, 11) is 1.61. The minimum atomic E-state index is -1.84. The second kappa shape index (κ2) is 31.2. The van der Waals surface area contributed by atoms with Crippen LogP contribution in [0.5, 0.6) is 0 Å². The maximum absolute atomic E-state index is 14.3. The van der Waals surface area contributed by atoms with E-state index in [0.717, 1.165) is 12.0 Å². The maximum atomic E-state index is 14.3. The minimum Gasteiger partial charge on any atom is -0.480 e. The molecule has 1 aliphatic heterocycles. The van der Waals surface area contributed by atoms with E-state index in [4.69, 9.17) is 16.2 Å². The Balaban J connectivity index is 2.68. The van der Waals surface area contributed by atoms with Gasteiger partial charge in [-0.25, -0.2) is 9.59 Å². The first kappa shape index (κ1) is 60.0. The summed E-state index contributed by atoms with van der Waals surface area (Å²) in [5, 5.41) is 37.7. The fourth-order valence-corrected chi connectivity index (χ4v) is 7.43. The Morgan fingerprint density at radius 3 is 2.04 bits per heavy atom. The number of amides is 7. The molecule has 0 aromatic heterocycles. The average Bonchev–Trinajstić information content (AvgIpc) is 3.32. The zero-order valence-electron chi connectivity index (χ0n) is 41.7. The monoisotopic (exact) mass is 995 g/mol. The van der Waals surface area contributed by atoms with E-state index in [2.05, 4.69) is 42.2 Å². The molecule has 1 saturated heterocycles. The summed E-state index contributed by atoms with van der Waals surface area (Å²) in [4.78, 5) is 124. The zero-order valence-corrected chi connectivity index (χ0v) is 41.7. The van der Waals surface area contributed by atoms with E-state index in [0.29, 0.717) is 24.8 Å². The number of carbonyl (C=O) groups is 9. The van der Waals surface area contributed by atoms with Gasteiger partial charge in [0.1, 0.15) is 35.9 Å². The molecule has 0 unspecified atom stereocenters. The van der Waals surface area contributed by atoms with Crippen LogP contribution in [0.3, 0.4) is 0 Å². The van der Waals surface area contributed by atoms with E-state index in [-0.39, 0.29) is 49.5 Å². The fraction of sp³-hybridized carbons (Fsp3) is 0.551. The predicted octanol–water partition coefficient (Wildman–Crippen LogP) is 0.955. The van der Waals surface area contributed by atoms with Crippen LogP contribution in [0.15, 0.2) is 70.9 Å². The summed E-state index contributed by atoms with van der Waals surface area (Å²) >= 11 is 0. The van der Waals surface area contributed by atoms with Crippen molar-refractivity contribution in [3.63, 3.8) is 0 Å². The van der Waals surface area contributed by atoms with E-state index in [1.807, 2.05) is 50.3 Å². The molecule has 71 heavy (non-hydrogen) atoms. The topological polar surface area (TPSA) is 352 Å². The Labute approximate surface area is 415 Å². The lowest BCUT2D eigenvalue weighted by molar-refractivity contribution is -0.144. The van der Waals surface area contributed by atoms with Crippen molar-refractivity contribution in [2.24, 2.45) is 28.3 Å². The number of allylic oxidation sites excluding steroid dienone is 3. The number of ether oxygens (including phenoxy) is 1. The van der Waals surface area contributed by atoms with Crippen molar-refractivity contribution < 1.29 is 58.1 Å². The number of nitrogens with two attached hydrogens (primary N) is 2. The van der Waals surface area contributed by atoms with Crippen LogP contribution in [-0.4, -0.2) is 125 Å².